The number of hydrogen-bond donors (Lipinski definition) is 1. The number of nitrogens with zero attached hydrogens (tertiary/aromatic N) is 2. The number of rotatable bonds is 6. The highest BCUT2D eigenvalue weighted by molar-refractivity contribution is 6.03. The number of hydrogen-bond acceptors (Lipinski definition) is 4. The molecule has 0 bridgehead atoms. The first-order chi connectivity index (χ1) is 14.7. The van der Waals surface area contributed by atoms with E-state index in [9.17, 15) is 9.59 Å². The SMILES string of the molecule is O=C(Nc1ccccc1Oc1ccccc1)c1ccc(=O)n(Cc2ccccc2)n1. The molecule has 148 valence electrons. The third-order valence-electron chi connectivity index (χ3n) is 4.38. The van der Waals surface area contributed by atoms with Crippen LogP contribution in [0.5, 0.6) is 11.5 Å². The van der Waals surface area contributed by atoms with E-state index in [1.165, 1.54) is 16.8 Å². The Labute approximate surface area is 173 Å². The Hall–Kier alpha value is -4.19. The van der Waals surface area contributed by atoms with Crippen molar-refractivity contribution in [3.05, 3.63) is 119 Å². The molecule has 1 amide bonds. The van der Waals surface area contributed by atoms with E-state index in [2.05, 4.69) is 10.4 Å². The Kier molecular flexibility index (Phi) is 5.66. The number of carbonyl (C=O) groups is 1. The van der Waals surface area contributed by atoms with Crippen LogP contribution in [0, 0.1) is 0 Å². The molecule has 1 N–H and O–H groups in total. The number of anilines is 1. The fourth-order valence-electron chi connectivity index (χ4n) is 2.90. The molecule has 6 heteroatoms. The number of para-hydroxylation sites is 3. The van der Waals surface area contributed by atoms with Gasteiger partial charge in [-0.3, -0.25) is 9.59 Å². The van der Waals surface area contributed by atoms with Gasteiger partial charge in [0.05, 0.1) is 12.2 Å². The highest BCUT2D eigenvalue weighted by Crippen LogP contribution is 2.29. The van der Waals surface area contributed by atoms with E-state index >= 15 is 0 Å². The first kappa shape index (κ1) is 19.1. The van der Waals surface area contributed by atoms with Gasteiger partial charge in [-0.1, -0.05) is 60.7 Å². The third-order valence-corrected chi connectivity index (χ3v) is 4.38. The summed E-state index contributed by atoms with van der Waals surface area (Å²) in [5.74, 6) is 0.740. The van der Waals surface area contributed by atoms with Crippen LogP contribution in [0.15, 0.2) is 102 Å². The first-order valence-corrected chi connectivity index (χ1v) is 9.44. The number of amides is 1. The lowest BCUT2D eigenvalue weighted by Gasteiger charge is -2.12. The van der Waals surface area contributed by atoms with Crippen molar-refractivity contribution < 1.29 is 9.53 Å². The molecular formula is C24H19N3O3. The van der Waals surface area contributed by atoms with Crippen molar-refractivity contribution in [2.75, 3.05) is 5.32 Å². The molecular weight excluding hydrogens is 378 g/mol. The van der Waals surface area contributed by atoms with Gasteiger partial charge < -0.3 is 10.1 Å². The average Bonchev–Trinajstić information content (AvgIpc) is 2.78. The molecule has 0 aliphatic carbocycles. The third kappa shape index (κ3) is 4.62. The summed E-state index contributed by atoms with van der Waals surface area (Å²) >= 11 is 0. The molecule has 0 aliphatic heterocycles. The molecule has 0 saturated heterocycles. The Morgan fingerprint density at radius 1 is 0.833 bits per heavy atom. The van der Waals surface area contributed by atoms with Crippen molar-refractivity contribution in [1.29, 1.82) is 0 Å². The van der Waals surface area contributed by atoms with Crippen molar-refractivity contribution in [1.82, 2.24) is 9.78 Å². The highest BCUT2D eigenvalue weighted by atomic mass is 16.5. The maximum Gasteiger partial charge on any atom is 0.276 e. The van der Waals surface area contributed by atoms with E-state index in [-0.39, 0.29) is 17.8 Å². The van der Waals surface area contributed by atoms with Crippen LogP contribution < -0.4 is 15.6 Å². The monoisotopic (exact) mass is 397 g/mol. The highest BCUT2D eigenvalue weighted by Gasteiger charge is 2.13. The largest absolute Gasteiger partial charge is 0.455 e. The Morgan fingerprint density at radius 2 is 1.50 bits per heavy atom. The fraction of sp³-hybridized carbons (Fsp3) is 0.0417. The molecule has 0 spiro atoms. The van der Waals surface area contributed by atoms with Crippen LogP contribution in [0.25, 0.3) is 0 Å². The zero-order valence-electron chi connectivity index (χ0n) is 16.1. The van der Waals surface area contributed by atoms with E-state index in [1.54, 1.807) is 18.2 Å². The minimum absolute atomic E-state index is 0.139. The van der Waals surface area contributed by atoms with Gasteiger partial charge in [-0.25, -0.2) is 4.68 Å². The second-order valence-electron chi connectivity index (χ2n) is 6.57. The Bertz CT molecular complexity index is 1210. The van der Waals surface area contributed by atoms with E-state index in [1.807, 2.05) is 66.7 Å². The zero-order chi connectivity index (χ0) is 20.8. The number of ether oxygens (including phenoxy) is 1. The van der Waals surface area contributed by atoms with Crippen LogP contribution in [0.4, 0.5) is 5.69 Å². The van der Waals surface area contributed by atoms with Crippen molar-refractivity contribution in [3.8, 4) is 11.5 Å². The lowest BCUT2D eigenvalue weighted by atomic mass is 10.2. The molecule has 1 aromatic heterocycles. The van der Waals surface area contributed by atoms with Gasteiger partial charge in [0.2, 0.25) is 0 Å². The first-order valence-electron chi connectivity index (χ1n) is 9.44. The van der Waals surface area contributed by atoms with Crippen LogP contribution in [-0.4, -0.2) is 15.7 Å². The molecule has 6 nitrogen and oxygen atoms in total. The van der Waals surface area contributed by atoms with Crippen LogP contribution in [-0.2, 0) is 6.54 Å². The van der Waals surface area contributed by atoms with E-state index in [0.29, 0.717) is 17.2 Å². The molecule has 0 atom stereocenters. The number of aromatic nitrogens is 2. The molecule has 0 aliphatic rings. The summed E-state index contributed by atoms with van der Waals surface area (Å²) in [4.78, 5) is 25.0. The minimum Gasteiger partial charge on any atom is -0.455 e. The molecule has 4 aromatic rings. The predicted molar refractivity (Wildman–Crippen MR) is 115 cm³/mol. The van der Waals surface area contributed by atoms with Crippen molar-refractivity contribution in [2.24, 2.45) is 0 Å². The minimum atomic E-state index is -0.430. The molecule has 1 heterocycles. The van der Waals surface area contributed by atoms with Crippen LogP contribution in [0.2, 0.25) is 0 Å². The van der Waals surface area contributed by atoms with Crippen molar-refractivity contribution in [2.45, 2.75) is 6.54 Å². The second kappa shape index (κ2) is 8.87. The summed E-state index contributed by atoms with van der Waals surface area (Å²) in [6, 6.07) is 28.7. The van der Waals surface area contributed by atoms with Gasteiger partial charge in [0.25, 0.3) is 11.5 Å². The maximum absolute atomic E-state index is 12.8. The van der Waals surface area contributed by atoms with Gasteiger partial charge in [0.1, 0.15) is 11.4 Å². The molecule has 0 fully saturated rings. The van der Waals surface area contributed by atoms with E-state index in [0.717, 1.165) is 5.56 Å². The van der Waals surface area contributed by atoms with E-state index < -0.39 is 5.91 Å². The number of nitrogens with one attached hydrogen (secondary N) is 1. The molecule has 0 unspecified atom stereocenters. The van der Waals surface area contributed by atoms with Gasteiger partial charge in [-0.2, -0.15) is 5.10 Å². The van der Waals surface area contributed by atoms with E-state index in [4.69, 9.17) is 4.74 Å². The normalized spacial score (nSPS) is 10.4. The van der Waals surface area contributed by atoms with Gasteiger partial charge in [0.15, 0.2) is 5.75 Å². The summed E-state index contributed by atoms with van der Waals surface area (Å²) < 4.78 is 7.15. The summed E-state index contributed by atoms with van der Waals surface area (Å²) in [6.45, 7) is 0.286. The quantitative estimate of drug-likeness (QED) is 0.525. The molecule has 3 aromatic carbocycles. The molecule has 0 saturated carbocycles. The van der Waals surface area contributed by atoms with Gasteiger partial charge in [-0.15, -0.1) is 0 Å². The molecule has 30 heavy (non-hydrogen) atoms. The van der Waals surface area contributed by atoms with Crippen molar-refractivity contribution in [3.63, 3.8) is 0 Å². The average molecular weight is 397 g/mol. The summed E-state index contributed by atoms with van der Waals surface area (Å²) in [5, 5.41) is 7.04. The van der Waals surface area contributed by atoms with Gasteiger partial charge in [-0.05, 0) is 35.9 Å². The second-order valence-corrected chi connectivity index (χ2v) is 6.57. The summed E-state index contributed by atoms with van der Waals surface area (Å²) in [5.41, 5.74) is 1.29. The lowest BCUT2D eigenvalue weighted by Crippen LogP contribution is -2.26. The summed E-state index contributed by atoms with van der Waals surface area (Å²) in [7, 11) is 0. The molecule has 0 radical (unpaired) electrons. The van der Waals surface area contributed by atoms with Gasteiger partial charge >= 0.3 is 0 Å². The van der Waals surface area contributed by atoms with Crippen LogP contribution in [0.1, 0.15) is 16.1 Å². The standard InChI is InChI=1S/C24H19N3O3/c28-23-16-15-21(26-27(23)17-18-9-3-1-4-10-18)24(29)25-20-13-7-8-14-22(20)30-19-11-5-2-6-12-19/h1-16H,17H2,(H,25,29). The topological polar surface area (TPSA) is 73.2 Å². The lowest BCUT2D eigenvalue weighted by molar-refractivity contribution is 0.101. The molecule has 4 rings (SSSR count). The Morgan fingerprint density at radius 3 is 2.27 bits per heavy atom. The van der Waals surface area contributed by atoms with Crippen LogP contribution >= 0.6 is 0 Å². The number of benzene rings is 3. The predicted octanol–water partition coefficient (Wildman–Crippen LogP) is 4.34. The van der Waals surface area contributed by atoms with Gasteiger partial charge in [0, 0.05) is 6.07 Å². The zero-order valence-corrected chi connectivity index (χ0v) is 16.1. The summed E-state index contributed by atoms with van der Waals surface area (Å²) in [6.07, 6.45) is 0. The van der Waals surface area contributed by atoms with Crippen molar-refractivity contribution >= 4 is 11.6 Å². The Balaban J connectivity index is 1.55. The number of carbonyl (C=O) groups excluding carboxylic acids is 1. The maximum atomic E-state index is 12.8. The van der Waals surface area contributed by atoms with Crippen LogP contribution in [0.3, 0.4) is 0 Å². The smallest absolute Gasteiger partial charge is 0.276 e. The fourth-order valence-corrected chi connectivity index (χ4v) is 2.90.